The number of aliphatic hydroxyl groups is 1. The van der Waals surface area contributed by atoms with E-state index in [0.29, 0.717) is 41.0 Å². The SMILES string of the molecule is CN(C)C(=O)c1ccc(OC2CC(CC3CCN(C(=O)[C@](O)(c4cccc(C5CC5)c4)C(F)(F)F)CC3)C2)cc1Cl. The van der Waals surface area contributed by atoms with Gasteiger partial charge in [0.1, 0.15) is 5.75 Å². The first-order valence-electron chi connectivity index (χ1n) is 14.2. The number of halogens is 4. The first-order chi connectivity index (χ1) is 19.4. The number of hydrogen-bond acceptors (Lipinski definition) is 4. The fourth-order valence-corrected chi connectivity index (χ4v) is 6.31. The van der Waals surface area contributed by atoms with Gasteiger partial charge in [-0.05, 0) is 86.5 Å². The lowest BCUT2D eigenvalue weighted by atomic mass is 9.74. The molecule has 1 aliphatic heterocycles. The first kappa shape index (κ1) is 29.7. The van der Waals surface area contributed by atoms with Gasteiger partial charge in [-0.2, -0.15) is 13.2 Å². The summed E-state index contributed by atoms with van der Waals surface area (Å²) in [4.78, 5) is 28.0. The third kappa shape index (κ3) is 6.21. The lowest BCUT2D eigenvalue weighted by molar-refractivity contribution is -0.262. The number of alkyl halides is 3. The Morgan fingerprint density at radius 2 is 1.71 bits per heavy atom. The molecule has 1 atom stereocenters. The Labute approximate surface area is 243 Å². The van der Waals surface area contributed by atoms with E-state index in [0.717, 1.165) is 37.7 Å². The van der Waals surface area contributed by atoms with Gasteiger partial charge in [-0.3, -0.25) is 9.59 Å². The van der Waals surface area contributed by atoms with Crippen molar-refractivity contribution >= 4 is 23.4 Å². The number of carbonyl (C=O) groups excluding carboxylic acids is 2. The minimum atomic E-state index is -5.13. The van der Waals surface area contributed by atoms with E-state index in [1.807, 2.05) is 0 Å². The molecule has 2 aliphatic carbocycles. The number of piperidine rings is 1. The van der Waals surface area contributed by atoms with E-state index >= 15 is 0 Å². The minimum Gasteiger partial charge on any atom is -0.490 e. The summed E-state index contributed by atoms with van der Waals surface area (Å²) in [5.41, 5.74) is -2.80. The lowest BCUT2D eigenvalue weighted by Crippen LogP contribution is -2.57. The van der Waals surface area contributed by atoms with Crippen molar-refractivity contribution in [2.45, 2.75) is 68.7 Å². The molecule has 2 aromatic carbocycles. The second kappa shape index (κ2) is 11.5. The molecule has 2 aromatic rings. The monoisotopic (exact) mass is 592 g/mol. The van der Waals surface area contributed by atoms with E-state index in [1.54, 1.807) is 38.4 Å². The van der Waals surface area contributed by atoms with Crippen LogP contribution < -0.4 is 4.74 Å². The molecule has 3 aliphatic rings. The van der Waals surface area contributed by atoms with E-state index in [2.05, 4.69) is 0 Å². The average Bonchev–Trinajstić information content (AvgIpc) is 3.76. The lowest BCUT2D eigenvalue weighted by Gasteiger charge is -2.41. The molecule has 1 heterocycles. The molecule has 0 radical (unpaired) electrons. The van der Waals surface area contributed by atoms with Gasteiger partial charge in [0.15, 0.2) is 0 Å². The van der Waals surface area contributed by atoms with E-state index in [1.165, 1.54) is 28.0 Å². The van der Waals surface area contributed by atoms with Crippen molar-refractivity contribution in [2.75, 3.05) is 27.2 Å². The summed E-state index contributed by atoms with van der Waals surface area (Å²) in [7, 11) is 3.33. The number of rotatable bonds is 8. The molecule has 41 heavy (non-hydrogen) atoms. The van der Waals surface area contributed by atoms with Crippen LogP contribution in [0.4, 0.5) is 13.2 Å². The van der Waals surface area contributed by atoms with Gasteiger partial charge in [-0.25, -0.2) is 0 Å². The molecule has 3 fully saturated rings. The molecule has 0 aromatic heterocycles. The molecular weight excluding hydrogens is 557 g/mol. The quantitative estimate of drug-likeness (QED) is 0.399. The Bertz CT molecular complexity index is 1280. The summed E-state index contributed by atoms with van der Waals surface area (Å²) < 4.78 is 48.7. The fourth-order valence-electron chi connectivity index (χ4n) is 6.05. The third-order valence-corrected chi connectivity index (χ3v) is 9.03. The number of ether oxygens (including phenoxy) is 1. The summed E-state index contributed by atoms with van der Waals surface area (Å²) in [5, 5.41) is 11.2. The van der Waals surface area contributed by atoms with E-state index < -0.39 is 23.2 Å². The van der Waals surface area contributed by atoms with Crippen LogP contribution in [0.15, 0.2) is 42.5 Å². The van der Waals surface area contributed by atoms with Crippen LogP contribution >= 0.6 is 11.6 Å². The molecule has 5 rings (SSSR count). The van der Waals surface area contributed by atoms with Gasteiger partial charge in [-0.1, -0.05) is 35.9 Å². The Morgan fingerprint density at radius 1 is 1.02 bits per heavy atom. The second-order valence-electron chi connectivity index (χ2n) is 12.0. The molecule has 0 unspecified atom stereocenters. The van der Waals surface area contributed by atoms with Crippen LogP contribution in [0, 0.1) is 11.8 Å². The zero-order valence-corrected chi connectivity index (χ0v) is 24.0. The van der Waals surface area contributed by atoms with E-state index in [9.17, 15) is 27.9 Å². The van der Waals surface area contributed by atoms with Crippen LogP contribution in [0.2, 0.25) is 5.02 Å². The molecule has 0 bridgehead atoms. The summed E-state index contributed by atoms with van der Waals surface area (Å²) in [5.74, 6) is 0.0872. The van der Waals surface area contributed by atoms with Gasteiger partial charge in [0.05, 0.1) is 16.7 Å². The van der Waals surface area contributed by atoms with Crippen molar-refractivity contribution in [1.82, 2.24) is 9.80 Å². The highest BCUT2D eigenvalue weighted by molar-refractivity contribution is 6.34. The maximum absolute atomic E-state index is 14.2. The number of nitrogens with zero attached hydrogens (tertiary/aromatic N) is 2. The Hall–Kier alpha value is -2.78. The predicted molar refractivity (Wildman–Crippen MR) is 149 cm³/mol. The van der Waals surface area contributed by atoms with E-state index in [4.69, 9.17) is 16.3 Å². The van der Waals surface area contributed by atoms with Gasteiger partial charge in [-0.15, -0.1) is 0 Å². The first-order valence-corrected chi connectivity index (χ1v) is 14.6. The normalized spacial score (nSPS) is 23.0. The highest BCUT2D eigenvalue weighted by Crippen LogP contribution is 2.45. The predicted octanol–water partition coefficient (Wildman–Crippen LogP) is 6.16. The summed E-state index contributed by atoms with van der Waals surface area (Å²) in [6.07, 6.45) is 0.569. The van der Waals surface area contributed by atoms with Gasteiger partial charge in [0.2, 0.25) is 0 Å². The number of hydrogen-bond donors (Lipinski definition) is 1. The number of likely N-dealkylation sites (tertiary alicyclic amines) is 1. The average molecular weight is 593 g/mol. The Balaban J connectivity index is 1.12. The number of amides is 2. The van der Waals surface area contributed by atoms with Crippen molar-refractivity contribution < 1.29 is 32.6 Å². The number of carbonyl (C=O) groups is 2. The highest BCUT2D eigenvalue weighted by Gasteiger charge is 2.62. The Morgan fingerprint density at radius 3 is 2.29 bits per heavy atom. The molecule has 0 spiro atoms. The zero-order chi connectivity index (χ0) is 29.5. The maximum atomic E-state index is 14.2. The van der Waals surface area contributed by atoms with Crippen LogP contribution in [0.3, 0.4) is 0 Å². The third-order valence-electron chi connectivity index (χ3n) is 8.71. The maximum Gasteiger partial charge on any atom is 0.430 e. The smallest absolute Gasteiger partial charge is 0.430 e. The minimum absolute atomic E-state index is 0.0429. The molecule has 2 amide bonds. The van der Waals surface area contributed by atoms with Gasteiger partial charge >= 0.3 is 6.18 Å². The molecule has 222 valence electrons. The molecular formula is C31H36ClF3N2O4. The summed E-state index contributed by atoms with van der Waals surface area (Å²) in [6.45, 7) is 0.376. The molecule has 2 saturated carbocycles. The summed E-state index contributed by atoms with van der Waals surface area (Å²) in [6, 6.07) is 10.8. The van der Waals surface area contributed by atoms with Crippen LogP contribution in [0.1, 0.15) is 72.3 Å². The van der Waals surface area contributed by atoms with Gasteiger partial charge < -0.3 is 19.6 Å². The fraction of sp³-hybridized carbons (Fsp3) is 0.548. The molecule has 6 nitrogen and oxygen atoms in total. The van der Waals surface area contributed by atoms with Crippen molar-refractivity contribution in [3.63, 3.8) is 0 Å². The zero-order valence-electron chi connectivity index (χ0n) is 23.3. The molecule has 1 N–H and O–H groups in total. The van der Waals surface area contributed by atoms with Crippen LogP contribution in [0.25, 0.3) is 0 Å². The van der Waals surface area contributed by atoms with Crippen molar-refractivity contribution in [2.24, 2.45) is 11.8 Å². The van der Waals surface area contributed by atoms with Crippen LogP contribution in [-0.4, -0.2) is 66.2 Å². The van der Waals surface area contributed by atoms with Crippen LogP contribution in [0.5, 0.6) is 5.75 Å². The van der Waals surface area contributed by atoms with Crippen molar-refractivity contribution in [3.8, 4) is 5.75 Å². The molecule has 10 heteroatoms. The highest BCUT2D eigenvalue weighted by atomic mass is 35.5. The van der Waals surface area contributed by atoms with Gasteiger partial charge in [0, 0.05) is 32.7 Å². The van der Waals surface area contributed by atoms with Crippen molar-refractivity contribution in [3.05, 3.63) is 64.2 Å². The number of benzene rings is 2. The summed E-state index contributed by atoms with van der Waals surface area (Å²) >= 11 is 6.28. The largest absolute Gasteiger partial charge is 0.490 e. The van der Waals surface area contributed by atoms with Gasteiger partial charge in [0.25, 0.3) is 17.4 Å². The second-order valence-corrected chi connectivity index (χ2v) is 12.4. The topological polar surface area (TPSA) is 70.1 Å². The van der Waals surface area contributed by atoms with E-state index in [-0.39, 0.29) is 31.0 Å². The van der Waals surface area contributed by atoms with Crippen LogP contribution in [-0.2, 0) is 10.4 Å². The standard InChI is InChI=1S/C31H36ClF3N2O4/c1-36(2)28(38)26-9-8-24(18-27(26)32)41-25-15-20(16-25)14-19-10-12-37(13-11-19)29(39)30(40,31(33,34)35)23-5-3-4-22(17-23)21-6-7-21/h3-5,8-9,17-21,25,40H,6-7,10-16H2,1-2H3/t20?,25?,30-/m1/s1. The molecule has 1 saturated heterocycles. The van der Waals surface area contributed by atoms with Crippen molar-refractivity contribution in [1.29, 1.82) is 0 Å². The Kier molecular flexibility index (Phi) is 8.32.